The van der Waals surface area contributed by atoms with Crippen LogP contribution in [0.5, 0.6) is 0 Å². The van der Waals surface area contributed by atoms with Gasteiger partial charge in [-0.05, 0) is 25.3 Å². The van der Waals surface area contributed by atoms with E-state index in [1.165, 1.54) is 15.1 Å². The fourth-order valence-electron chi connectivity index (χ4n) is 2.58. The maximum Gasteiger partial charge on any atom is 0.331 e. The van der Waals surface area contributed by atoms with Crippen molar-refractivity contribution in [2.75, 3.05) is 18.8 Å². The zero-order valence-corrected chi connectivity index (χ0v) is 12.7. The highest BCUT2D eigenvalue weighted by molar-refractivity contribution is 7.89. The molecule has 1 fully saturated rings. The summed E-state index contributed by atoms with van der Waals surface area (Å²) >= 11 is 0. The van der Waals surface area contributed by atoms with E-state index >= 15 is 0 Å². The third-order valence-electron chi connectivity index (χ3n) is 3.82. The summed E-state index contributed by atoms with van der Waals surface area (Å²) in [6.07, 6.45) is 5.01. The average Bonchev–Trinajstić information content (AvgIpc) is 2.85. The predicted molar refractivity (Wildman–Crippen MR) is 77.4 cm³/mol. The van der Waals surface area contributed by atoms with Crippen LogP contribution in [-0.4, -0.2) is 52.4 Å². The lowest BCUT2D eigenvalue weighted by Gasteiger charge is -2.38. The van der Waals surface area contributed by atoms with Crippen LogP contribution in [0, 0.1) is 6.92 Å². The Morgan fingerprint density at radius 3 is 2.57 bits per heavy atom. The van der Waals surface area contributed by atoms with Crippen molar-refractivity contribution >= 4 is 16.0 Å². The normalized spacial score (nSPS) is 19.3. The molecule has 7 nitrogen and oxygen atoms in total. The number of aryl methyl sites for hydroxylation is 1. The molecule has 1 aromatic rings. The lowest BCUT2D eigenvalue weighted by atomic mass is 9.88. The molecule has 0 atom stereocenters. The van der Waals surface area contributed by atoms with Gasteiger partial charge in [-0.2, -0.15) is 5.10 Å². The second kappa shape index (κ2) is 5.61. The molecule has 2 heterocycles. The van der Waals surface area contributed by atoms with Crippen LogP contribution in [0.1, 0.15) is 18.4 Å². The third kappa shape index (κ3) is 2.86. The number of aromatic nitrogens is 2. The Bertz CT molecular complexity index is 642. The highest BCUT2D eigenvalue weighted by Gasteiger charge is 2.45. The second-order valence-electron chi connectivity index (χ2n) is 5.27. The van der Waals surface area contributed by atoms with Crippen LogP contribution in [0.4, 0.5) is 0 Å². The quantitative estimate of drug-likeness (QED) is 0.803. The molecule has 2 rings (SSSR count). The number of carboxylic acid groups (broad SMARTS) is 1. The van der Waals surface area contributed by atoms with E-state index in [-0.39, 0.29) is 31.7 Å². The molecule has 1 saturated heterocycles. The summed E-state index contributed by atoms with van der Waals surface area (Å²) in [7, 11) is -3.39. The number of rotatable bonds is 5. The van der Waals surface area contributed by atoms with E-state index in [1.54, 1.807) is 12.4 Å². The molecule has 0 spiro atoms. The van der Waals surface area contributed by atoms with E-state index in [2.05, 4.69) is 11.7 Å². The van der Waals surface area contributed by atoms with Crippen molar-refractivity contribution in [2.24, 2.45) is 0 Å². The van der Waals surface area contributed by atoms with E-state index < -0.39 is 21.5 Å². The monoisotopic (exact) mass is 313 g/mol. The topological polar surface area (TPSA) is 92.5 Å². The van der Waals surface area contributed by atoms with Gasteiger partial charge in [0, 0.05) is 19.3 Å². The van der Waals surface area contributed by atoms with Crippen LogP contribution in [0.15, 0.2) is 25.0 Å². The maximum absolute atomic E-state index is 12.0. The first kappa shape index (κ1) is 15.7. The Kier molecular flexibility index (Phi) is 4.20. The number of sulfonamides is 1. The summed E-state index contributed by atoms with van der Waals surface area (Å²) in [5.41, 5.74) is -0.300. The molecule has 0 aliphatic carbocycles. The number of hydrogen-bond acceptors (Lipinski definition) is 4. The fourth-order valence-corrected chi connectivity index (χ4v) is 3.82. The standard InChI is InChI=1S/C13H19N3O4S/c1-3-8-21(19,20)15-6-4-13(5-7-15,12(17)18)16-10-11(2)9-14-16/h3,9-10H,1,4-8H2,2H3,(H,17,18). The zero-order valence-electron chi connectivity index (χ0n) is 11.9. The Morgan fingerprint density at radius 1 is 1.52 bits per heavy atom. The minimum atomic E-state index is -3.39. The Morgan fingerprint density at radius 2 is 2.14 bits per heavy atom. The molecule has 0 unspecified atom stereocenters. The molecule has 0 radical (unpaired) electrons. The lowest BCUT2D eigenvalue weighted by Crippen LogP contribution is -2.52. The van der Waals surface area contributed by atoms with E-state index in [0.29, 0.717) is 0 Å². The number of hydrogen-bond donors (Lipinski definition) is 1. The van der Waals surface area contributed by atoms with Crippen LogP contribution >= 0.6 is 0 Å². The van der Waals surface area contributed by atoms with Gasteiger partial charge < -0.3 is 5.11 Å². The van der Waals surface area contributed by atoms with Crippen molar-refractivity contribution in [3.8, 4) is 0 Å². The second-order valence-corrected chi connectivity index (χ2v) is 7.28. The van der Waals surface area contributed by atoms with Crippen molar-refractivity contribution in [1.82, 2.24) is 14.1 Å². The summed E-state index contributed by atoms with van der Waals surface area (Å²) in [4.78, 5) is 11.7. The summed E-state index contributed by atoms with van der Waals surface area (Å²) in [6.45, 7) is 5.61. The van der Waals surface area contributed by atoms with Crippen LogP contribution in [0.2, 0.25) is 0 Å². The van der Waals surface area contributed by atoms with Gasteiger partial charge in [0.1, 0.15) is 0 Å². The van der Waals surface area contributed by atoms with Gasteiger partial charge in [0.05, 0.1) is 11.9 Å². The largest absolute Gasteiger partial charge is 0.479 e. The number of aliphatic carboxylic acids is 1. The first-order chi connectivity index (χ1) is 9.82. The summed E-state index contributed by atoms with van der Waals surface area (Å²) in [5.74, 6) is -1.11. The van der Waals surface area contributed by atoms with Gasteiger partial charge in [0.25, 0.3) is 0 Å². The molecule has 0 aromatic carbocycles. The zero-order chi connectivity index (χ0) is 15.7. The number of nitrogens with zero attached hydrogens (tertiary/aromatic N) is 3. The van der Waals surface area contributed by atoms with Crippen LogP contribution in [0.3, 0.4) is 0 Å². The summed E-state index contributed by atoms with van der Waals surface area (Å²) < 4.78 is 26.8. The Hall–Kier alpha value is -1.67. The van der Waals surface area contributed by atoms with Crippen molar-refractivity contribution in [2.45, 2.75) is 25.3 Å². The molecule has 8 heteroatoms. The molecule has 1 aromatic heterocycles. The van der Waals surface area contributed by atoms with Crippen molar-refractivity contribution in [3.05, 3.63) is 30.6 Å². The molecule has 0 amide bonds. The molecule has 116 valence electrons. The van der Waals surface area contributed by atoms with Crippen molar-refractivity contribution in [1.29, 1.82) is 0 Å². The first-order valence-corrected chi connectivity index (χ1v) is 8.26. The molecular formula is C13H19N3O4S. The van der Waals surface area contributed by atoms with Gasteiger partial charge in [-0.3, -0.25) is 4.68 Å². The lowest BCUT2D eigenvalue weighted by molar-refractivity contribution is -0.150. The van der Waals surface area contributed by atoms with Crippen LogP contribution in [-0.2, 0) is 20.4 Å². The molecule has 21 heavy (non-hydrogen) atoms. The molecular weight excluding hydrogens is 294 g/mol. The molecule has 1 N–H and O–H groups in total. The Labute approximate surface area is 123 Å². The highest BCUT2D eigenvalue weighted by Crippen LogP contribution is 2.31. The maximum atomic E-state index is 12.0. The molecule has 0 bridgehead atoms. The summed E-state index contributed by atoms with van der Waals surface area (Å²) in [6, 6.07) is 0. The van der Waals surface area contributed by atoms with Gasteiger partial charge in [0.2, 0.25) is 10.0 Å². The van der Waals surface area contributed by atoms with Gasteiger partial charge >= 0.3 is 5.97 Å². The molecule has 1 aliphatic heterocycles. The van der Waals surface area contributed by atoms with E-state index in [0.717, 1.165) is 5.56 Å². The van der Waals surface area contributed by atoms with Gasteiger partial charge in [0.15, 0.2) is 5.54 Å². The fraction of sp³-hybridized carbons (Fsp3) is 0.538. The van der Waals surface area contributed by atoms with E-state index in [4.69, 9.17) is 0 Å². The SMILES string of the molecule is C=CCS(=O)(=O)N1CCC(C(=O)O)(n2cc(C)cn2)CC1. The smallest absolute Gasteiger partial charge is 0.331 e. The van der Waals surface area contributed by atoms with E-state index in [1.807, 2.05) is 6.92 Å². The van der Waals surface area contributed by atoms with Crippen LogP contribution < -0.4 is 0 Å². The number of carbonyl (C=O) groups is 1. The Balaban J connectivity index is 2.23. The first-order valence-electron chi connectivity index (χ1n) is 6.66. The molecule has 1 aliphatic rings. The highest BCUT2D eigenvalue weighted by atomic mass is 32.2. The van der Waals surface area contributed by atoms with Crippen molar-refractivity contribution in [3.63, 3.8) is 0 Å². The number of piperidine rings is 1. The minimum absolute atomic E-state index is 0.131. The summed E-state index contributed by atoms with van der Waals surface area (Å²) in [5, 5.41) is 13.7. The van der Waals surface area contributed by atoms with E-state index in [9.17, 15) is 18.3 Å². The van der Waals surface area contributed by atoms with Crippen molar-refractivity contribution < 1.29 is 18.3 Å². The number of carboxylic acids is 1. The van der Waals surface area contributed by atoms with Gasteiger partial charge in [-0.25, -0.2) is 17.5 Å². The minimum Gasteiger partial charge on any atom is -0.479 e. The van der Waals surface area contributed by atoms with Gasteiger partial charge in [-0.1, -0.05) is 6.08 Å². The average molecular weight is 313 g/mol. The molecule has 0 saturated carbocycles. The third-order valence-corrected chi connectivity index (χ3v) is 5.63. The predicted octanol–water partition coefficient (Wildman–Crippen LogP) is 0.583. The van der Waals surface area contributed by atoms with Crippen LogP contribution in [0.25, 0.3) is 0 Å². The van der Waals surface area contributed by atoms with Gasteiger partial charge in [-0.15, -0.1) is 6.58 Å².